The Morgan fingerprint density at radius 1 is 1.14 bits per heavy atom. The molecule has 116 valence electrons. The van der Waals surface area contributed by atoms with Gasteiger partial charge in [0.2, 0.25) is 0 Å². The lowest BCUT2D eigenvalue weighted by Gasteiger charge is -2.02. The number of benzene rings is 1. The number of fused-ring (bicyclic) bond motifs is 1. The van der Waals surface area contributed by atoms with Crippen LogP contribution < -0.4 is 0 Å². The molecule has 22 heavy (non-hydrogen) atoms. The van der Waals surface area contributed by atoms with Crippen LogP contribution in [0.15, 0.2) is 47.6 Å². The Morgan fingerprint density at radius 3 is 2.36 bits per heavy atom. The molecule has 4 heteroatoms. The van der Waals surface area contributed by atoms with E-state index >= 15 is 0 Å². The van der Waals surface area contributed by atoms with Crippen molar-refractivity contribution in [3.63, 3.8) is 0 Å². The van der Waals surface area contributed by atoms with Crippen LogP contribution >= 0.6 is 0 Å². The molecule has 0 aliphatic heterocycles. The number of aromatic nitrogens is 2. The summed E-state index contributed by atoms with van der Waals surface area (Å²) in [4.78, 5) is 5.20. The van der Waals surface area contributed by atoms with Gasteiger partial charge in [0.1, 0.15) is 0 Å². The summed E-state index contributed by atoms with van der Waals surface area (Å²) >= 11 is 0. The molecule has 3 nitrogen and oxygen atoms in total. The second kappa shape index (κ2) is 6.88. The van der Waals surface area contributed by atoms with Crippen molar-refractivity contribution in [2.45, 2.75) is 25.7 Å². The van der Waals surface area contributed by atoms with Crippen molar-refractivity contribution in [1.82, 2.24) is 9.55 Å². The van der Waals surface area contributed by atoms with Gasteiger partial charge in [-0.2, -0.15) is 0 Å². The van der Waals surface area contributed by atoms with E-state index in [1.165, 1.54) is 10.9 Å². The van der Waals surface area contributed by atoms with E-state index in [-0.39, 0.29) is 0 Å². The lowest BCUT2D eigenvalue weighted by atomic mass is 10.1. The van der Waals surface area contributed by atoms with Crippen LogP contribution in [0.25, 0.3) is 22.0 Å². The van der Waals surface area contributed by atoms with E-state index in [0.29, 0.717) is 0 Å². The molecule has 0 aliphatic rings. The number of hydrogen-bond donors (Lipinski definition) is 0. The standard InChI is InChI=1S/C16H16N2OS.C2H6/c1-11-8-14-15(10-18(2)16(14)9-17-11)12-4-6-13(7-5-12)20(3)19;1-2/h4-10H,1-3H3;1-2H3. The molecule has 2 heterocycles. The first-order chi connectivity index (χ1) is 10.6. The van der Waals surface area contributed by atoms with Gasteiger partial charge in [0.25, 0.3) is 0 Å². The maximum Gasteiger partial charge on any atom is 0.0670 e. The average molecular weight is 314 g/mol. The molecule has 3 aromatic rings. The summed E-state index contributed by atoms with van der Waals surface area (Å²) in [5.41, 5.74) is 4.45. The third-order valence-corrected chi connectivity index (χ3v) is 4.45. The molecule has 0 N–H and O–H groups in total. The maximum absolute atomic E-state index is 11.5. The minimum atomic E-state index is -0.934. The molecule has 0 aliphatic carbocycles. The van der Waals surface area contributed by atoms with Crippen molar-refractivity contribution < 1.29 is 4.21 Å². The number of rotatable bonds is 2. The Hall–Kier alpha value is -1.94. The lowest BCUT2D eigenvalue weighted by molar-refractivity contribution is 0.687. The van der Waals surface area contributed by atoms with Gasteiger partial charge in [-0.3, -0.25) is 9.19 Å². The van der Waals surface area contributed by atoms with Crippen LogP contribution in [0.5, 0.6) is 0 Å². The summed E-state index contributed by atoms with van der Waals surface area (Å²) in [5, 5.41) is 1.20. The van der Waals surface area contributed by atoms with Gasteiger partial charge in [-0.25, -0.2) is 0 Å². The molecule has 0 radical (unpaired) electrons. The van der Waals surface area contributed by atoms with Gasteiger partial charge < -0.3 is 4.57 Å². The fourth-order valence-corrected chi connectivity index (χ4v) is 2.96. The topological polar surface area (TPSA) is 34.9 Å². The molecule has 1 unspecified atom stereocenters. The van der Waals surface area contributed by atoms with E-state index in [0.717, 1.165) is 21.7 Å². The summed E-state index contributed by atoms with van der Waals surface area (Å²) in [6, 6.07) is 10.0. The minimum absolute atomic E-state index is 0.854. The largest absolute Gasteiger partial charge is 0.349 e. The molecule has 2 aromatic heterocycles. The SMILES string of the molecule is CC.Cc1cc2c(-c3ccc(S(C)=O)cc3)cn(C)c2cn1. The van der Waals surface area contributed by atoms with Gasteiger partial charge in [0, 0.05) is 51.8 Å². The van der Waals surface area contributed by atoms with Gasteiger partial charge in [-0.1, -0.05) is 26.0 Å². The smallest absolute Gasteiger partial charge is 0.0670 e. The van der Waals surface area contributed by atoms with Crippen molar-refractivity contribution in [2.75, 3.05) is 6.26 Å². The first-order valence-corrected chi connectivity index (χ1v) is 8.97. The molecule has 0 fully saturated rings. The number of hydrogen-bond acceptors (Lipinski definition) is 2. The Labute approximate surface area is 134 Å². The molecule has 3 rings (SSSR count). The fourth-order valence-electron chi connectivity index (χ4n) is 2.44. The van der Waals surface area contributed by atoms with Crippen molar-refractivity contribution in [2.24, 2.45) is 7.05 Å². The predicted octanol–water partition coefficient (Wildman–Crippen LogP) is 4.31. The summed E-state index contributed by atoms with van der Waals surface area (Å²) in [7, 11) is 1.09. The molecule has 0 spiro atoms. The number of aryl methyl sites for hydroxylation is 2. The van der Waals surface area contributed by atoms with Gasteiger partial charge in [-0.15, -0.1) is 0 Å². The van der Waals surface area contributed by atoms with E-state index in [1.54, 1.807) is 6.26 Å². The third kappa shape index (κ3) is 3.12. The van der Waals surface area contributed by atoms with E-state index in [4.69, 9.17) is 0 Å². The van der Waals surface area contributed by atoms with Gasteiger partial charge in [0.05, 0.1) is 11.7 Å². The van der Waals surface area contributed by atoms with Crippen LogP contribution in [0.2, 0.25) is 0 Å². The van der Waals surface area contributed by atoms with Crippen molar-refractivity contribution >= 4 is 21.7 Å². The monoisotopic (exact) mass is 314 g/mol. The molecule has 1 aromatic carbocycles. The van der Waals surface area contributed by atoms with Crippen molar-refractivity contribution in [1.29, 1.82) is 0 Å². The van der Waals surface area contributed by atoms with E-state index in [1.807, 2.05) is 58.3 Å². The van der Waals surface area contributed by atoms with Crippen LogP contribution in [0.1, 0.15) is 19.5 Å². The molecule has 0 bridgehead atoms. The molecule has 1 atom stereocenters. The highest BCUT2D eigenvalue weighted by atomic mass is 32.2. The lowest BCUT2D eigenvalue weighted by Crippen LogP contribution is -1.86. The number of nitrogens with zero attached hydrogens (tertiary/aromatic N) is 2. The Balaban J connectivity index is 0.000000847. The normalized spacial score (nSPS) is 11.9. The van der Waals surface area contributed by atoms with Crippen molar-refractivity contribution in [3.05, 3.63) is 48.4 Å². The molecular formula is C18H22N2OS. The Bertz CT molecular complexity index is 804. The highest BCUT2D eigenvalue weighted by Crippen LogP contribution is 2.30. The summed E-state index contributed by atoms with van der Waals surface area (Å²) < 4.78 is 13.5. The maximum atomic E-state index is 11.5. The van der Waals surface area contributed by atoms with Gasteiger partial charge >= 0.3 is 0 Å². The van der Waals surface area contributed by atoms with E-state index in [2.05, 4.69) is 21.8 Å². The Morgan fingerprint density at radius 2 is 1.77 bits per heavy atom. The fraction of sp³-hybridized carbons (Fsp3) is 0.278. The number of pyridine rings is 1. The average Bonchev–Trinajstić information content (AvgIpc) is 2.85. The van der Waals surface area contributed by atoms with Crippen LogP contribution in [-0.4, -0.2) is 20.0 Å². The molecule has 0 amide bonds. The van der Waals surface area contributed by atoms with E-state index < -0.39 is 10.8 Å². The van der Waals surface area contributed by atoms with Gasteiger partial charge in [0.15, 0.2) is 0 Å². The highest BCUT2D eigenvalue weighted by Gasteiger charge is 2.09. The van der Waals surface area contributed by atoms with Crippen LogP contribution in [-0.2, 0) is 17.8 Å². The van der Waals surface area contributed by atoms with Crippen molar-refractivity contribution in [3.8, 4) is 11.1 Å². The second-order valence-corrected chi connectivity index (χ2v) is 6.35. The van der Waals surface area contributed by atoms with Gasteiger partial charge in [-0.05, 0) is 30.7 Å². The molecule has 0 saturated carbocycles. The summed E-state index contributed by atoms with van der Waals surface area (Å²) in [5.74, 6) is 0. The quantitative estimate of drug-likeness (QED) is 0.706. The minimum Gasteiger partial charge on any atom is -0.349 e. The van der Waals surface area contributed by atoms with E-state index in [9.17, 15) is 4.21 Å². The molecular weight excluding hydrogens is 292 g/mol. The van der Waals surface area contributed by atoms with Crippen LogP contribution in [0, 0.1) is 6.92 Å². The second-order valence-electron chi connectivity index (χ2n) is 4.98. The highest BCUT2D eigenvalue weighted by molar-refractivity contribution is 7.84. The zero-order valence-electron chi connectivity index (χ0n) is 13.8. The third-order valence-electron chi connectivity index (χ3n) is 3.51. The predicted molar refractivity (Wildman–Crippen MR) is 94.6 cm³/mol. The first-order valence-electron chi connectivity index (χ1n) is 7.42. The Kier molecular flexibility index (Phi) is 5.14. The van der Waals surface area contributed by atoms with Crippen LogP contribution in [0.4, 0.5) is 0 Å². The zero-order chi connectivity index (χ0) is 16.3. The molecule has 0 saturated heterocycles. The first kappa shape index (κ1) is 16.4. The zero-order valence-corrected chi connectivity index (χ0v) is 14.6. The van der Waals surface area contributed by atoms with Crippen LogP contribution in [0.3, 0.4) is 0 Å². The summed E-state index contributed by atoms with van der Waals surface area (Å²) in [6.45, 7) is 6.00. The summed E-state index contributed by atoms with van der Waals surface area (Å²) in [6.07, 6.45) is 5.72.